The lowest BCUT2D eigenvalue weighted by Gasteiger charge is -2.07. The molecule has 0 aliphatic heterocycles. The fraction of sp³-hybridized carbons (Fsp3) is 0. The molecule has 25 heavy (non-hydrogen) atoms. The van der Waals surface area contributed by atoms with Gasteiger partial charge in [0.05, 0.1) is 5.69 Å². The van der Waals surface area contributed by atoms with Crippen LogP contribution in [0.2, 0.25) is 10.0 Å². The van der Waals surface area contributed by atoms with Crippen molar-refractivity contribution in [2.75, 3.05) is 0 Å². The molecule has 4 rings (SSSR count). The summed E-state index contributed by atoms with van der Waals surface area (Å²) in [6.45, 7) is 0. The van der Waals surface area contributed by atoms with Crippen LogP contribution in [-0.2, 0) is 0 Å². The summed E-state index contributed by atoms with van der Waals surface area (Å²) in [5.74, 6) is 0.468. The SMILES string of the molecule is Clc1ccc(-c2cccc(-n3nnc(-c4ccccn4)n3)c2)c(Cl)c1. The van der Waals surface area contributed by atoms with Crippen molar-refractivity contribution in [1.82, 2.24) is 25.2 Å². The molecule has 0 aliphatic carbocycles. The first-order valence-corrected chi connectivity index (χ1v) is 8.23. The molecule has 122 valence electrons. The first kappa shape index (κ1) is 15.7. The third-order valence-electron chi connectivity index (χ3n) is 3.63. The number of benzene rings is 2. The Labute approximate surface area is 153 Å². The zero-order valence-electron chi connectivity index (χ0n) is 12.8. The Balaban J connectivity index is 1.72. The van der Waals surface area contributed by atoms with Crippen molar-refractivity contribution in [3.8, 4) is 28.3 Å². The second kappa shape index (κ2) is 6.63. The molecular formula is C18H11Cl2N5. The van der Waals surface area contributed by atoms with E-state index in [0.29, 0.717) is 21.6 Å². The van der Waals surface area contributed by atoms with E-state index < -0.39 is 0 Å². The van der Waals surface area contributed by atoms with Crippen LogP contribution in [0.15, 0.2) is 66.9 Å². The van der Waals surface area contributed by atoms with Crippen LogP contribution in [0.25, 0.3) is 28.3 Å². The second-order valence-corrected chi connectivity index (χ2v) is 6.14. The van der Waals surface area contributed by atoms with Crippen LogP contribution in [0.4, 0.5) is 0 Å². The number of tetrazole rings is 1. The molecule has 0 aliphatic rings. The molecule has 0 bridgehead atoms. The fourth-order valence-corrected chi connectivity index (χ4v) is 2.96. The Kier molecular flexibility index (Phi) is 4.17. The average molecular weight is 368 g/mol. The molecule has 2 aromatic carbocycles. The topological polar surface area (TPSA) is 56.5 Å². The van der Waals surface area contributed by atoms with Crippen LogP contribution in [0.1, 0.15) is 0 Å². The summed E-state index contributed by atoms with van der Waals surface area (Å²) in [5.41, 5.74) is 3.28. The molecule has 0 N–H and O–H groups in total. The molecular weight excluding hydrogens is 357 g/mol. The lowest BCUT2D eigenvalue weighted by Crippen LogP contribution is -1.99. The average Bonchev–Trinajstić information content (AvgIpc) is 3.13. The van der Waals surface area contributed by atoms with Gasteiger partial charge in [-0.1, -0.05) is 47.5 Å². The molecule has 0 spiro atoms. The summed E-state index contributed by atoms with van der Waals surface area (Å²) < 4.78 is 0. The van der Waals surface area contributed by atoms with Crippen LogP contribution < -0.4 is 0 Å². The van der Waals surface area contributed by atoms with Gasteiger partial charge in [0.15, 0.2) is 0 Å². The molecule has 4 aromatic rings. The third kappa shape index (κ3) is 3.24. The van der Waals surface area contributed by atoms with Gasteiger partial charge in [-0.15, -0.1) is 15.0 Å². The number of pyridine rings is 1. The van der Waals surface area contributed by atoms with Crippen molar-refractivity contribution in [2.45, 2.75) is 0 Å². The molecule has 0 radical (unpaired) electrons. The summed E-state index contributed by atoms with van der Waals surface area (Å²) in [7, 11) is 0. The van der Waals surface area contributed by atoms with Crippen LogP contribution in [-0.4, -0.2) is 25.2 Å². The Morgan fingerprint density at radius 2 is 1.80 bits per heavy atom. The third-order valence-corrected chi connectivity index (χ3v) is 4.17. The monoisotopic (exact) mass is 367 g/mol. The maximum Gasteiger partial charge on any atom is 0.223 e. The Morgan fingerprint density at radius 1 is 0.880 bits per heavy atom. The van der Waals surface area contributed by atoms with Crippen molar-refractivity contribution < 1.29 is 0 Å². The summed E-state index contributed by atoms with van der Waals surface area (Å²) in [6.07, 6.45) is 1.69. The van der Waals surface area contributed by atoms with E-state index >= 15 is 0 Å². The highest BCUT2D eigenvalue weighted by molar-refractivity contribution is 6.36. The largest absolute Gasteiger partial charge is 0.253 e. The zero-order valence-corrected chi connectivity index (χ0v) is 14.4. The van der Waals surface area contributed by atoms with Crippen LogP contribution in [0.3, 0.4) is 0 Å². The van der Waals surface area contributed by atoms with Gasteiger partial charge in [-0.2, -0.15) is 0 Å². The standard InChI is InChI=1S/C18H11Cl2N5/c19-13-7-8-15(16(20)11-13)12-4-3-5-14(10-12)25-23-18(22-24-25)17-6-1-2-9-21-17/h1-11H. The number of hydrogen-bond donors (Lipinski definition) is 0. The molecule has 0 atom stereocenters. The first-order chi connectivity index (χ1) is 12.2. The predicted octanol–water partition coefficient (Wildman–Crippen LogP) is 4.70. The summed E-state index contributed by atoms with van der Waals surface area (Å²) >= 11 is 12.3. The van der Waals surface area contributed by atoms with Crippen molar-refractivity contribution in [2.24, 2.45) is 0 Å². The van der Waals surface area contributed by atoms with Crippen molar-refractivity contribution in [3.63, 3.8) is 0 Å². The van der Waals surface area contributed by atoms with Gasteiger partial charge in [0, 0.05) is 21.8 Å². The normalized spacial score (nSPS) is 10.8. The van der Waals surface area contributed by atoms with Gasteiger partial charge >= 0.3 is 0 Å². The van der Waals surface area contributed by atoms with E-state index in [9.17, 15) is 0 Å². The minimum Gasteiger partial charge on any atom is -0.253 e. The number of nitrogens with zero attached hydrogens (tertiary/aromatic N) is 5. The van der Waals surface area contributed by atoms with Crippen molar-refractivity contribution in [3.05, 3.63) is 76.9 Å². The predicted molar refractivity (Wildman–Crippen MR) is 97.8 cm³/mol. The molecule has 0 amide bonds. The van der Waals surface area contributed by atoms with Gasteiger partial charge in [-0.3, -0.25) is 4.98 Å². The Hall–Kier alpha value is -2.76. The number of hydrogen-bond acceptors (Lipinski definition) is 4. The van der Waals surface area contributed by atoms with Gasteiger partial charge in [0.1, 0.15) is 5.69 Å². The van der Waals surface area contributed by atoms with Gasteiger partial charge in [0.2, 0.25) is 5.82 Å². The van der Waals surface area contributed by atoms with Crippen molar-refractivity contribution in [1.29, 1.82) is 0 Å². The minimum absolute atomic E-state index is 0.468. The molecule has 0 fully saturated rings. The summed E-state index contributed by atoms with van der Waals surface area (Å²) in [6, 6.07) is 18.7. The number of halogens is 2. The Morgan fingerprint density at radius 3 is 2.60 bits per heavy atom. The molecule has 7 heteroatoms. The van der Waals surface area contributed by atoms with E-state index in [1.165, 1.54) is 4.80 Å². The minimum atomic E-state index is 0.468. The second-order valence-electron chi connectivity index (χ2n) is 5.29. The summed E-state index contributed by atoms with van der Waals surface area (Å²) in [4.78, 5) is 5.70. The van der Waals surface area contributed by atoms with E-state index in [0.717, 1.165) is 16.8 Å². The summed E-state index contributed by atoms with van der Waals surface area (Å²) in [5, 5.41) is 13.8. The smallest absolute Gasteiger partial charge is 0.223 e. The van der Waals surface area contributed by atoms with Crippen LogP contribution in [0, 0.1) is 0 Å². The first-order valence-electron chi connectivity index (χ1n) is 7.48. The highest BCUT2D eigenvalue weighted by Crippen LogP contribution is 2.31. The van der Waals surface area contributed by atoms with E-state index in [1.807, 2.05) is 54.6 Å². The van der Waals surface area contributed by atoms with E-state index in [1.54, 1.807) is 12.3 Å². The molecule has 5 nitrogen and oxygen atoms in total. The van der Waals surface area contributed by atoms with E-state index in [-0.39, 0.29) is 0 Å². The highest BCUT2D eigenvalue weighted by Gasteiger charge is 2.10. The highest BCUT2D eigenvalue weighted by atomic mass is 35.5. The quantitative estimate of drug-likeness (QED) is 0.526. The van der Waals surface area contributed by atoms with Gasteiger partial charge in [-0.05, 0) is 47.2 Å². The molecule has 0 unspecified atom stereocenters. The van der Waals surface area contributed by atoms with E-state index in [2.05, 4.69) is 20.4 Å². The zero-order chi connectivity index (χ0) is 17.2. The molecule has 2 heterocycles. The van der Waals surface area contributed by atoms with Gasteiger partial charge in [-0.25, -0.2) is 0 Å². The van der Waals surface area contributed by atoms with Crippen LogP contribution in [0.5, 0.6) is 0 Å². The lowest BCUT2D eigenvalue weighted by molar-refractivity contribution is 0.720. The fourth-order valence-electron chi connectivity index (χ4n) is 2.44. The number of rotatable bonds is 3. The maximum absolute atomic E-state index is 6.30. The molecule has 2 aromatic heterocycles. The Bertz CT molecular complexity index is 1030. The maximum atomic E-state index is 6.30. The molecule has 0 saturated carbocycles. The van der Waals surface area contributed by atoms with Gasteiger partial charge in [0.25, 0.3) is 0 Å². The lowest BCUT2D eigenvalue weighted by atomic mass is 10.1. The van der Waals surface area contributed by atoms with Crippen molar-refractivity contribution >= 4 is 23.2 Å². The molecule has 0 saturated heterocycles. The van der Waals surface area contributed by atoms with Gasteiger partial charge < -0.3 is 0 Å². The number of aromatic nitrogens is 5. The van der Waals surface area contributed by atoms with E-state index in [4.69, 9.17) is 23.2 Å². The van der Waals surface area contributed by atoms with Crippen LogP contribution >= 0.6 is 23.2 Å².